The minimum atomic E-state index is -3.53. The quantitative estimate of drug-likeness (QED) is 0.292. The maximum absolute atomic E-state index is 12.7. The zero-order chi connectivity index (χ0) is 25.4. The number of hydrogen-bond acceptors (Lipinski definition) is 7. The van der Waals surface area contributed by atoms with Gasteiger partial charge in [-0.1, -0.05) is 25.5 Å². The van der Waals surface area contributed by atoms with E-state index in [0.29, 0.717) is 36.7 Å². The highest BCUT2D eigenvalue weighted by atomic mass is 32.2. The Labute approximate surface area is 214 Å². The highest BCUT2D eigenvalue weighted by Gasteiger charge is 2.23. The van der Waals surface area contributed by atoms with Crippen molar-refractivity contribution in [2.24, 2.45) is 11.8 Å². The van der Waals surface area contributed by atoms with Crippen LogP contribution in [0.3, 0.4) is 0 Å². The molecule has 1 fully saturated rings. The molecule has 0 saturated heterocycles. The van der Waals surface area contributed by atoms with E-state index in [4.69, 9.17) is 4.74 Å². The number of aromatic nitrogens is 2. The predicted molar refractivity (Wildman–Crippen MR) is 145 cm³/mol. The summed E-state index contributed by atoms with van der Waals surface area (Å²) in [6, 6.07) is 14.6. The first-order chi connectivity index (χ1) is 17.5. The van der Waals surface area contributed by atoms with Crippen molar-refractivity contribution in [2.45, 2.75) is 50.3 Å². The van der Waals surface area contributed by atoms with Crippen LogP contribution in [-0.4, -0.2) is 45.1 Å². The van der Waals surface area contributed by atoms with Crippen molar-refractivity contribution >= 4 is 32.7 Å². The van der Waals surface area contributed by atoms with Gasteiger partial charge in [0, 0.05) is 25.5 Å². The third-order valence-corrected chi connectivity index (χ3v) is 8.26. The van der Waals surface area contributed by atoms with Crippen molar-refractivity contribution in [3.63, 3.8) is 0 Å². The van der Waals surface area contributed by atoms with Crippen LogP contribution in [0.4, 0.5) is 11.8 Å². The van der Waals surface area contributed by atoms with Crippen LogP contribution in [0.25, 0.3) is 10.9 Å². The smallest absolute Gasteiger partial charge is 0.240 e. The van der Waals surface area contributed by atoms with E-state index in [1.54, 1.807) is 24.3 Å². The largest absolute Gasteiger partial charge is 0.494 e. The molecule has 4 rings (SSSR count). The molecule has 1 heterocycles. The van der Waals surface area contributed by atoms with Gasteiger partial charge in [0.2, 0.25) is 16.0 Å². The minimum absolute atomic E-state index is 0.277. The maximum Gasteiger partial charge on any atom is 0.240 e. The topological polar surface area (TPSA) is 105 Å². The summed E-state index contributed by atoms with van der Waals surface area (Å²) in [7, 11) is -1.66. The van der Waals surface area contributed by atoms with Gasteiger partial charge in [0.25, 0.3) is 0 Å². The zero-order valence-electron chi connectivity index (χ0n) is 21.2. The monoisotopic (exact) mass is 511 g/mol. The Morgan fingerprint density at radius 2 is 1.64 bits per heavy atom. The lowest BCUT2D eigenvalue weighted by molar-refractivity contribution is 0.284. The number of rotatable bonds is 12. The van der Waals surface area contributed by atoms with Gasteiger partial charge in [0.05, 0.1) is 17.0 Å². The second kappa shape index (κ2) is 12.4. The highest BCUT2D eigenvalue weighted by molar-refractivity contribution is 7.89. The molecule has 8 nitrogen and oxygen atoms in total. The van der Waals surface area contributed by atoms with Gasteiger partial charge in [-0.2, -0.15) is 4.98 Å². The third kappa shape index (κ3) is 6.85. The lowest BCUT2D eigenvalue weighted by atomic mass is 9.82. The molecule has 36 heavy (non-hydrogen) atoms. The number of nitrogens with zero attached hydrogens (tertiary/aromatic N) is 2. The molecule has 9 heteroatoms. The summed E-state index contributed by atoms with van der Waals surface area (Å²) in [5.41, 5.74) is 0.911. The molecule has 1 saturated carbocycles. The number of sulfonamides is 1. The van der Waals surface area contributed by atoms with Crippen molar-refractivity contribution in [1.82, 2.24) is 14.7 Å². The number of unbranched alkanes of at least 4 members (excludes halogenated alkanes) is 1. The van der Waals surface area contributed by atoms with E-state index in [1.165, 1.54) is 0 Å². The first-order valence-corrected chi connectivity index (χ1v) is 14.4. The fourth-order valence-corrected chi connectivity index (χ4v) is 5.70. The molecule has 0 unspecified atom stereocenters. The molecule has 1 aromatic heterocycles. The van der Waals surface area contributed by atoms with Crippen LogP contribution in [0.1, 0.15) is 45.4 Å². The van der Waals surface area contributed by atoms with Gasteiger partial charge in [-0.15, -0.1) is 0 Å². The van der Waals surface area contributed by atoms with Gasteiger partial charge >= 0.3 is 0 Å². The Hall–Kier alpha value is -2.91. The average molecular weight is 512 g/mol. The Bertz CT molecular complexity index is 1230. The van der Waals surface area contributed by atoms with E-state index >= 15 is 0 Å². The Balaban J connectivity index is 1.22. The Morgan fingerprint density at radius 3 is 2.33 bits per heavy atom. The normalized spacial score (nSPS) is 18.2. The van der Waals surface area contributed by atoms with Crippen molar-refractivity contribution in [3.8, 4) is 5.75 Å². The summed E-state index contributed by atoms with van der Waals surface area (Å²) >= 11 is 0. The van der Waals surface area contributed by atoms with E-state index in [2.05, 4.69) is 32.2 Å². The van der Waals surface area contributed by atoms with E-state index in [0.717, 1.165) is 61.8 Å². The second-order valence-corrected chi connectivity index (χ2v) is 11.2. The van der Waals surface area contributed by atoms with Crippen molar-refractivity contribution in [3.05, 3.63) is 48.5 Å². The third-order valence-electron chi connectivity index (χ3n) is 6.82. The van der Waals surface area contributed by atoms with Crippen molar-refractivity contribution in [1.29, 1.82) is 0 Å². The number of ether oxygens (including phenoxy) is 1. The zero-order valence-corrected chi connectivity index (χ0v) is 22.0. The summed E-state index contributed by atoms with van der Waals surface area (Å²) in [5.74, 6) is 3.02. The predicted octanol–water partition coefficient (Wildman–Crippen LogP) is 5.05. The Kier molecular flexibility index (Phi) is 8.98. The van der Waals surface area contributed by atoms with Crippen molar-refractivity contribution < 1.29 is 13.2 Å². The van der Waals surface area contributed by atoms with Gasteiger partial charge in [0.1, 0.15) is 11.6 Å². The summed E-state index contributed by atoms with van der Waals surface area (Å²) < 4.78 is 33.9. The molecular formula is C27H37N5O3S. The molecule has 194 valence electrons. The van der Waals surface area contributed by atoms with Crippen LogP contribution >= 0.6 is 0 Å². The molecule has 0 atom stereocenters. The molecule has 0 aliphatic heterocycles. The molecule has 0 radical (unpaired) electrons. The first kappa shape index (κ1) is 26.2. The van der Waals surface area contributed by atoms with Crippen LogP contribution in [0.15, 0.2) is 53.4 Å². The van der Waals surface area contributed by atoms with Crippen LogP contribution in [0.2, 0.25) is 0 Å². The highest BCUT2D eigenvalue weighted by Crippen LogP contribution is 2.29. The number of fused-ring (bicyclic) bond motifs is 1. The SMILES string of the molecule is CCCCOc1ccc(S(=O)(=O)NCC2CCC(CNc3nc(NC)c4ccccc4n3)CC2)cc1. The molecule has 2 aromatic carbocycles. The fourth-order valence-electron chi connectivity index (χ4n) is 4.58. The molecule has 1 aliphatic carbocycles. The summed E-state index contributed by atoms with van der Waals surface area (Å²) in [6.07, 6.45) is 6.14. The van der Waals surface area contributed by atoms with Gasteiger partial charge in [0.15, 0.2) is 0 Å². The van der Waals surface area contributed by atoms with Gasteiger partial charge in [-0.05, 0) is 80.3 Å². The van der Waals surface area contributed by atoms with Crippen LogP contribution < -0.4 is 20.1 Å². The fraction of sp³-hybridized carbons (Fsp3) is 0.481. The van der Waals surface area contributed by atoms with E-state index in [9.17, 15) is 8.42 Å². The van der Waals surface area contributed by atoms with Gasteiger partial charge in [-0.3, -0.25) is 0 Å². The molecule has 3 aromatic rings. The summed E-state index contributed by atoms with van der Waals surface area (Å²) in [5, 5.41) is 7.57. The minimum Gasteiger partial charge on any atom is -0.494 e. The lowest BCUT2D eigenvalue weighted by Gasteiger charge is -2.28. The van der Waals surface area contributed by atoms with E-state index in [1.807, 2.05) is 31.3 Å². The molecule has 0 amide bonds. The Morgan fingerprint density at radius 1 is 0.944 bits per heavy atom. The molecule has 3 N–H and O–H groups in total. The molecule has 0 bridgehead atoms. The number of para-hydroxylation sites is 1. The maximum atomic E-state index is 12.7. The number of benzene rings is 2. The van der Waals surface area contributed by atoms with Crippen LogP contribution in [0.5, 0.6) is 5.75 Å². The summed E-state index contributed by atoms with van der Waals surface area (Å²) in [4.78, 5) is 9.53. The van der Waals surface area contributed by atoms with E-state index in [-0.39, 0.29) is 4.90 Å². The van der Waals surface area contributed by atoms with Gasteiger partial charge < -0.3 is 15.4 Å². The van der Waals surface area contributed by atoms with Crippen LogP contribution in [-0.2, 0) is 10.0 Å². The van der Waals surface area contributed by atoms with Gasteiger partial charge in [-0.25, -0.2) is 18.1 Å². The number of hydrogen-bond donors (Lipinski definition) is 3. The van der Waals surface area contributed by atoms with Crippen molar-refractivity contribution in [2.75, 3.05) is 37.4 Å². The average Bonchev–Trinajstić information content (AvgIpc) is 2.91. The number of anilines is 2. The molecule has 0 spiro atoms. The molecule has 1 aliphatic rings. The standard InChI is InChI=1S/C27H37N5O3S/c1-3-4-17-35-22-13-15-23(16-14-22)36(33,34)30-19-21-11-9-20(10-12-21)18-29-27-31-25-8-6-5-7-24(25)26(28-2)32-27/h5-8,13-16,20-21,30H,3-4,9-12,17-19H2,1-2H3,(H2,28,29,31,32). The van der Waals surface area contributed by atoms with Crippen LogP contribution in [0, 0.1) is 11.8 Å². The summed E-state index contributed by atoms with van der Waals surface area (Å²) in [6.45, 7) is 4.03. The van der Waals surface area contributed by atoms with E-state index < -0.39 is 10.0 Å². The first-order valence-electron chi connectivity index (χ1n) is 12.9. The number of nitrogens with one attached hydrogen (secondary N) is 3. The molecular weight excluding hydrogens is 474 g/mol. The lowest BCUT2D eigenvalue weighted by Crippen LogP contribution is -2.32. The second-order valence-electron chi connectivity index (χ2n) is 9.46.